The summed E-state index contributed by atoms with van der Waals surface area (Å²) in [5.41, 5.74) is 5.68. The van der Waals surface area contributed by atoms with E-state index < -0.39 is 0 Å². The second kappa shape index (κ2) is 6.61. The summed E-state index contributed by atoms with van der Waals surface area (Å²) in [7, 11) is 4.47. The molecule has 2 N–H and O–H groups in total. The van der Waals surface area contributed by atoms with Crippen LogP contribution >= 0.6 is 0 Å². The third kappa shape index (κ3) is 2.85. The van der Waals surface area contributed by atoms with Gasteiger partial charge in [0.2, 0.25) is 11.6 Å². The molecule has 0 spiro atoms. The Hall–Kier alpha value is -3.03. The minimum absolute atomic E-state index is 0.0347. The molecule has 8 nitrogen and oxygen atoms in total. The quantitative estimate of drug-likeness (QED) is 0.804. The number of rotatable bonds is 6. The van der Waals surface area contributed by atoms with Crippen LogP contribution in [-0.4, -0.2) is 37.6 Å². The van der Waals surface area contributed by atoms with Gasteiger partial charge in [0.15, 0.2) is 17.8 Å². The van der Waals surface area contributed by atoms with Crippen molar-refractivity contribution in [2.24, 2.45) is 0 Å². The molecule has 1 aromatic heterocycles. The van der Waals surface area contributed by atoms with E-state index in [9.17, 15) is 4.79 Å². The Labute approximate surface area is 126 Å². The molecule has 0 fully saturated rings. The molecule has 0 bridgehead atoms. The van der Waals surface area contributed by atoms with Crippen LogP contribution in [0.4, 0.5) is 5.82 Å². The molecule has 0 saturated carbocycles. The maximum Gasteiger partial charge on any atom is 0.235 e. The largest absolute Gasteiger partial charge is 0.493 e. The summed E-state index contributed by atoms with van der Waals surface area (Å²) in [6.45, 7) is 0. The van der Waals surface area contributed by atoms with E-state index in [1.54, 1.807) is 12.1 Å². The summed E-state index contributed by atoms with van der Waals surface area (Å²) in [6, 6.07) is 3.16. The van der Waals surface area contributed by atoms with E-state index in [1.165, 1.54) is 27.7 Å². The average Bonchev–Trinajstić information content (AvgIpc) is 2.54. The van der Waals surface area contributed by atoms with Crippen LogP contribution in [0, 0.1) is 0 Å². The molecule has 0 unspecified atom stereocenters. The molecule has 0 aliphatic carbocycles. The van der Waals surface area contributed by atoms with Crippen molar-refractivity contribution in [2.75, 3.05) is 27.1 Å². The predicted octanol–water partition coefficient (Wildman–Crippen LogP) is 1.69. The molecule has 22 heavy (non-hydrogen) atoms. The highest BCUT2D eigenvalue weighted by atomic mass is 16.5. The maximum atomic E-state index is 11.1. The van der Waals surface area contributed by atoms with Crippen LogP contribution in [0.1, 0.15) is 10.4 Å². The van der Waals surface area contributed by atoms with E-state index in [-0.39, 0.29) is 17.3 Å². The lowest BCUT2D eigenvalue weighted by Crippen LogP contribution is -2.02. The second-order valence-corrected chi connectivity index (χ2v) is 4.06. The number of aromatic nitrogens is 2. The van der Waals surface area contributed by atoms with Gasteiger partial charge < -0.3 is 24.7 Å². The van der Waals surface area contributed by atoms with Crippen molar-refractivity contribution in [1.29, 1.82) is 0 Å². The van der Waals surface area contributed by atoms with Crippen LogP contribution < -0.4 is 24.7 Å². The molecule has 1 heterocycles. The third-order valence-electron chi connectivity index (χ3n) is 2.85. The topological polar surface area (TPSA) is 106 Å². The molecule has 0 radical (unpaired) electrons. The lowest BCUT2D eigenvalue weighted by Gasteiger charge is -2.14. The van der Waals surface area contributed by atoms with Gasteiger partial charge in [0.05, 0.1) is 21.3 Å². The number of hydrogen-bond acceptors (Lipinski definition) is 8. The van der Waals surface area contributed by atoms with Crippen molar-refractivity contribution in [1.82, 2.24) is 9.97 Å². The van der Waals surface area contributed by atoms with Gasteiger partial charge in [0, 0.05) is 12.1 Å². The minimum atomic E-state index is 0.0347. The summed E-state index contributed by atoms with van der Waals surface area (Å²) in [4.78, 5) is 18.7. The van der Waals surface area contributed by atoms with Crippen molar-refractivity contribution >= 4 is 12.1 Å². The first-order valence-corrected chi connectivity index (χ1v) is 6.18. The van der Waals surface area contributed by atoms with Crippen molar-refractivity contribution in [3.63, 3.8) is 0 Å². The molecule has 8 heteroatoms. The zero-order valence-corrected chi connectivity index (χ0v) is 12.3. The zero-order chi connectivity index (χ0) is 16.1. The van der Waals surface area contributed by atoms with Crippen LogP contribution in [0.3, 0.4) is 0 Å². The van der Waals surface area contributed by atoms with Gasteiger partial charge in [-0.25, -0.2) is 9.97 Å². The van der Waals surface area contributed by atoms with Gasteiger partial charge in [0.25, 0.3) is 0 Å². The number of nitrogen functional groups attached to an aromatic ring is 1. The predicted molar refractivity (Wildman–Crippen MR) is 78.0 cm³/mol. The van der Waals surface area contributed by atoms with Crippen molar-refractivity contribution in [2.45, 2.75) is 0 Å². The number of hydrogen-bond donors (Lipinski definition) is 1. The fourth-order valence-electron chi connectivity index (χ4n) is 1.81. The van der Waals surface area contributed by atoms with E-state index in [0.29, 0.717) is 29.3 Å². The van der Waals surface area contributed by atoms with Crippen molar-refractivity contribution < 1.29 is 23.7 Å². The Kier molecular flexibility index (Phi) is 4.62. The molecular weight excluding hydrogens is 290 g/mol. The molecule has 0 amide bonds. The third-order valence-corrected chi connectivity index (χ3v) is 2.85. The first-order chi connectivity index (χ1) is 10.6. The number of anilines is 1. The van der Waals surface area contributed by atoms with E-state index in [4.69, 9.17) is 24.7 Å². The van der Waals surface area contributed by atoms with E-state index >= 15 is 0 Å². The summed E-state index contributed by atoms with van der Waals surface area (Å²) < 4.78 is 21.3. The monoisotopic (exact) mass is 305 g/mol. The zero-order valence-electron chi connectivity index (χ0n) is 12.3. The molecule has 2 rings (SSSR count). The Morgan fingerprint density at radius 1 is 1.05 bits per heavy atom. The number of benzene rings is 1. The Bertz CT molecular complexity index is 665. The summed E-state index contributed by atoms with van der Waals surface area (Å²) in [5.74, 6) is 1.66. The Morgan fingerprint density at radius 2 is 1.68 bits per heavy atom. The van der Waals surface area contributed by atoms with Gasteiger partial charge in [0.1, 0.15) is 23.5 Å². The molecule has 1 aromatic carbocycles. The molecular formula is C14H15N3O5. The maximum absolute atomic E-state index is 11.1. The summed E-state index contributed by atoms with van der Waals surface area (Å²) in [5, 5.41) is 0. The van der Waals surface area contributed by atoms with Crippen molar-refractivity contribution in [3.8, 4) is 28.9 Å². The van der Waals surface area contributed by atoms with E-state index in [2.05, 4.69) is 9.97 Å². The van der Waals surface area contributed by atoms with Gasteiger partial charge in [-0.05, 0) is 0 Å². The number of nitrogens with zero attached hydrogens (tertiary/aromatic N) is 2. The normalized spacial score (nSPS) is 9.95. The number of carbonyl (C=O) groups excluding carboxylic acids is 1. The fourth-order valence-corrected chi connectivity index (χ4v) is 1.81. The Balaban J connectivity index is 2.46. The van der Waals surface area contributed by atoms with Crippen molar-refractivity contribution in [3.05, 3.63) is 24.0 Å². The van der Waals surface area contributed by atoms with Crippen LogP contribution in [-0.2, 0) is 0 Å². The van der Waals surface area contributed by atoms with Gasteiger partial charge in [-0.2, -0.15) is 0 Å². The molecule has 0 aliphatic heterocycles. The van der Waals surface area contributed by atoms with Crippen LogP contribution in [0.2, 0.25) is 0 Å². The van der Waals surface area contributed by atoms with Crippen LogP contribution in [0.5, 0.6) is 28.9 Å². The number of ether oxygens (including phenoxy) is 4. The van der Waals surface area contributed by atoms with Gasteiger partial charge in [-0.1, -0.05) is 0 Å². The standard InChI is InChI=1S/C14H15N3O5/c1-19-10-4-8(5-11(20-2)12(10)21-3)22-14-9(6-18)13(15)16-7-17-14/h4-7H,1-3H3,(H2,15,16,17). The van der Waals surface area contributed by atoms with Gasteiger partial charge in [-0.3, -0.25) is 4.79 Å². The minimum Gasteiger partial charge on any atom is -0.493 e. The molecule has 0 saturated heterocycles. The average molecular weight is 305 g/mol. The number of nitrogens with two attached hydrogens (primary N) is 1. The fraction of sp³-hybridized carbons (Fsp3) is 0.214. The number of methoxy groups -OCH3 is 3. The first-order valence-electron chi connectivity index (χ1n) is 6.18. The summed E-state index contributed by atoms with van der Waals surface area (Å²) in [6.07, 6.45) is 1.73. The molecule has 2 aromatic rings. The Morgan fingerprint density at radius 3 is 2.18 bits per heavy atom. The lowest BCUT2D eigenvalue weighted by molar-refractivity contribution is 0.112. The smallest absolute Gasteiger partial charge is 0.235 e. The number of carbonyl (C=O) groups is 1. The molecule has 0 atom stereocenters. The summed E-state index contributed by atoms with van der Waals surface area (Å²) >= 11 is 0. The van der Waals surface area contributed by atoms with E-state index in [0.717, 1.165) is 0 Å². The molecule has 116 valence electrons. The second-order valence-electron chi connectivity index (χ2n) is 4.06. The van der Waals surface area contributed by atoms with Gasteiger partial charge >= 0.3 is 0 Å². The van der Waals surface area contributed by atoms with Gasteiger partial charge in [-0.15, -0.1) is 0 Å². The lowest BCUT2D eigenvalue weighted by atomic mass is 10.2. The SMILES string of the molecule is COc1cc(Oc2ncnc(N)c2C=O)cc(OC)c1OC. The molecule has 0 aliphatic rings. The highest BCUT2D eigenvalue weighted by Crippen LogP contribution is 2.42. The first kappa shape index (κ1) is 15.4. The van der Waals surface area contributed by atoms with Crippen LogP contribution in [0.15, 0.2) is 18.5 Å². The van der Waals surface area contributed by atoms with Crippen LogP contribution in [0.25, 0.3) is 0 Å². The highest BCUT2D eigenvalue weighted by molar-refractivity contribution is 5.84. The highest BCUT2D eigenvalue weighted by Gasteiger charge is 2.16. The van der Waals surface area contributed by atoms with E-state index in [1.807, 2.05) is 0 Å². The number of aldehydes is 1.